The highest BCUT2D eigenvalue weighted by atomic mass is 15.1. The standard InChI is InChI=1S/C15H26N2/c1-4-13(2)15-7-5-14(6-8-15)9-11-17(3)12-10-16/h5-8,13H,4,9-12,16H2,1-3H3. The fourth-order valence-electron chi connectivity index (χ4n) is 1.90. The summed E-state index contributed by atoms with van der Waals surface area (Å²) in [6, 6.07) is 9.06. The van der Waals surface area contributed by atoms with Crippen LogP contribution >= 0.6 is 0 Å². The number of benzene rings is 1. The van der Waals surface area contributed by atoms with Crippen molar-refractivity contribution in [2.24, 2.45) is 5.73 Å². The van der Waals surface area contributed by atoms with Crippen molar-refractivity contribution >= 4 is 0 Å². The Morgan fingerprint density at radius 1 is 1.18 bits per heavy atom. The van der Waals surface area contributed by atoms with Crippen molar-refractivity contribution in [3.05, 3.63) is 35.4 Å². The minimum absolute atomic E-state index is 0.670. The van der Waals surface area contributed by atoms with E-state index in [4.69, 9.17) is 5.73 Å². The third-order valence-corrected chi connectivity index (χ3v) is 3.45. The van der Waals surface area contributed by atoms with Gasteiger partial charge in [0.2, 0.25) is 0 Å². The lowest BCUT2D eigenvalue weighted by atomic mass is 9.97. The van der Waals surface area contributed by atoms with Gasteiger partial charge in [-0.05, 0) is 36.9 Å². The highest BCUT2D eigenvalue weighted by Crippen LogP contribution is 2.18. The molecule has 0 aliphatic rings. The molecule has 17 heavy (non-hydrogen) atoms. The van der Waals surface area contributed by atoms with Gasteiger partial charge in [-0.25, -0.2) is 0 Å². The zero-order valence-corrected chi connectivity index (χ0v) is 11.4. The molecule has 2 heteroatoms. The Bertz CT molecular complexity index is 305. The lowest BCUT2D eigenvalue weighted by Gasteiger charge is -2.15. The van der Waals surface area contributed by atoms with Crippen LogP contribution in [-0.2, 0) is 6.42 Å². The Balaban J connectivity index is 2.45. The first-order chi connectivity index (χ1) is 8.17. The van der Waals surface area contributed by atoms with Gasteiger partial charge in [0.25, 0.3) is 0 Å². The van der Waals surface area contributed by atoms with Crippen LogP contribution in [0.1, 0.15) is 37.3 Å². The fraction of sp³-hybridized carbons (Fsp3) is 0.600. The van der Waals surface area contributed by atoms with Crippen molar-refractivity contribution in [1.82, 2.24) is 4.90 Å². The van der Waals surface area contributed by atoms with E-state index in [9.17, 15) is 0 Å². The van der Waals surface area contributed by atoms with Gasteiger partial charge in [0, 0.05) is 19.6 Å². The van der Waals surface area contributed by atoms with E-state index < -0.39 is 0 Å². The molecule has 0 fully saturated rings. The molecule has 1 rings (SSSR count). The molecule has 0 aromatic heterocycles. The molecule has 2 N–H and O–H groups in total. The molecule has 0 aliphatic heterocycles. The van der Waals surface area contributed by atoms with E-state index in [0.29, 0.717) is 5.92 Å². The van der Waals surface area contributed by atoms with Crippen LogP contribution in [0.3, 0.4) is 0 Å². The van der Waals surface area contributed by atoms with Crippen LogP contribution < -0.4 is 5.73 Å². The zero-order chi connectivity index (χ0) is 12.7. The number of hydrogen-bond acceptors (Lipinski definition) is 2. The first kappa shape index (κ1) is 14.2. The van der Waals surface area contributed by atoms with Crippen LogP contribution in [0.5, 0.6) is 0 Å². The second kappa shape index (κ2) is 7.46. The molecule has 0 heterocycles. The Morgan fingerprint density at radius 2 is 1.82 bits per heavy atom. The van der Waals surface area contributed by atoms with Gasteiger partial charge in [-0.1, -0.05) is 38.1 Å². The Morgan fingerprint density at radius 3 is 2.35 bits per heavy atom. The topological polar surface area (TPSA) is 29.3 Å². The predicted molar refractivity (Wildman–Crippen MR) is 75.4 cm³/mol. The van der Waals surface area contributed by atoms with Crippen molar-refractivity contribution in [2.75, 3.05) is 26.7 Å². The molecule has 0 aliphatic carbocycles. The largest absolute Gasteiger partial charge is 0.329 e. The monoisotopic (exact) mass is 234 g/mol. The van der Waals surface area contributed by atoms with Gasteiger partial charge in [-0.3, -0.25) is 0 Å². The van der Waals surface area contributed by atoms with E-state index >= 15 is 0 Å². The molecule has 96 valence electrons. The van der Waals surface area contributed by atoms with Gasteiger partial charge in [-0.15, -0.1) is 0 Å². The maximum absolute atomic E-state index is 5.53. The molecule has 0 spiro atoms. The predicted octanol–water partition coefficient (Wildman–Crippen LogP) is 2.63. The molecule has 1 aromatic rings. The van der Waals surface area contributed by atoms with E-state index in [0.717, 1.165) is 26.1 Å². The van der Waals surface area contributed by atoms with E-state index in [-0.39, 0.29) is 0 Å². The average Bonchev–Trinajstić information content (AvgIpc) is 2.36. The Hall–Kier alpha value is -0.860. The van der Waals surface area contributed by atoms with Gasteiger partial charge >= 0.3 is 0 Å². The SMILES string of the molecule is CCC(C)c1ccc(CCN(C)CCN)cc1. The van der Waals surface area contributed by atoms with Crippen molar-refractivity contribution in [2.45, 2.75) is 32.6 Å². The molecule has 0 saturated heterocycles. The maximum atomic E-state index is 5.53. The summed E-state index contributed by atoms with van der Waals surface area (Å²) < 4.78 is 0. The first-order valence-corrected chi connectivity index (χ1v) is 6.64. The number of rotatable bonds is 7. The third-order valence-electron chi connectivity index (χ3n) is 3.45. The molecule has 0 amide bonds. The van der Waals surface area contributed by atoms with E-state index in [2.05, 4.69) is 50.1 Å². The van der Waals surface area contributed by atoms with Gasteiger partial charge in [0.1, 0.15) is 0 Å². The minimum atomic E-state index is 0.670. The second-order valence-electron chi connectivity index (χ2n) is 4.89. The van der Waals surface area contributed by atoms with E-state index in [1.165, 1.54) is 17.5 Å². The van der Waals surface area contributed by atoms with Gasteiger partial charge < -0.3 is 10.6 Å². The molecule has 0 bridgehead atoms. The molecule has 1 atom stereocenters. The summed E-state index contributed by atoms with van der Waals surface area (Å²) in [5, 5.41) is 0. The number of nitrogens with two attached hydrogens (primary N) is 1. The van der Waals surface area contributed by atoms with Gasteiger partial charge in [0.15, 0.2) is 0 Å². The summed E-state index contributed by atoms with van der Waals surface area (Å²) in [5.74, 6) is 0.670. The highest BCUT2D eigenvalue weighted by molar-refractivity contribution is 5.25. The van der Waals surface area contributed by atoms with Crippen molar-refractivity contribution in [1.29, 1.82) is 0 Å². The normalized spacial score (nSPS) is 13.0. The molecule has 0 saturated carbocycles. The number of likely N-dealkylation sites (N-methyl/N-ethyl adjacent to an activating group) is 1. The number of nitrogens with zero attached hydrogens (tertiary/aromatic N) is 1. The summed E-state index contributed by atoms with van der Waals surface area (Å²) in [6.07, 6.45) is 2.32. The Labute approximate surface area is 106 Å². The maximum Gasteiger partial charge on any atom is 0.0102 e. The summed E-state index contributed by atoms with van der Waals surface area (Å²) in [4.78, 5) is 2.28. The summed E-state index contributed by atoms with van der Waals surface area (Å²) in [6.45, 7) is 7.32. The molecular formula is C15H26N2. The van der Waals surface area contributed by atoms with Crippen molar-refractivity contribution < 1.29 is 0 Å². The van der Waals surface area contributed by atoms with Crippen LogP contribution in [0.4, 0.5) is 0 Å². The molecular weight excluding hydrogens is 208 g/mol. The lowest BCUT2D eigenvalue weighted by molar-refractivity contribution is 0.348. The van der Waals surface area contributed by atoms with Gasteiger partial charge in [-0.2, -0.15) is 0 Å². The summed E-state index contributed by atoms with van der Waals surface area (Å²) >= 11 is 0. The quantitative estimate of drug-likeness (QED) is 0.786. The molecule has 1 aromatic carbocycles. The summed E-state index contributed by atoms with van der Waals surface area (Å²) in [7, 11) is 2.13. The molecule has 2 nitrogen and oxygen atoms in total. The third kappa shape index (κ3) is 4.88. The first-order valence-electron chi connectivity index (χ1n) is 6.64. The van der Waals surface area contributed by atoms with Crippen LogP contribution in [0.2, 0.25) is 0 Å². The summed E-state index contributed by atoms with van der Waals surface area (Å²) in [5.41, 5.74) is 8.39. The van der Waals surface area contributed by atoms with Crippen molar-refractivity contribution in [3.8, 4) is 0 Å². The van der Waals surface area contributed by atoms with E-state index in [1.54, 1.807) is 0 Å². The lowest BCUT2D eigenvalue weighted by Crippen LogP contribution is -2.27. The van der Waals surface area contributed by atoms with E-state index in [1.807, 2.05) is 0 Å². The zero-order valence-electron chi connectivity index (χ0n) is 11.4. The van der Waals surface area contributed by atoms with Crippen LogP contribution in [0, 0.1) is 0 Å². The van der Waals surface area contributed by atoms with Crippen LogP contribution in [0.15, 0.2) is 24.3 Å². The Kier molecular flexibility index (Phi) is 6.23. The van der Waals surface area contributed by atoms with Crippen LogP contribution in [-0.4, -0.2) is 31.6 Å². The molecule has 0 radical (unpaired) electrons. The molecule has 1 unspecified atom stereocenters. The van der Waals surface area contributed by atoms with Gasteiger partial charge in [0.05, 0.1) is 0 Å². The second-order valence-corrected chi connectivity index (χ2v) is 4.89. The van der Waals surface area contributed by atoms with Crippen molar-refractivity contribution in [3.63, 3.8) is 0 Å². The highest BCUT2D eigenvalue weighted by Gasteiger charge is 2.03. The average molecular weight is 234 g/mol. The number of hydrogen-bond donors (Lipinski definition) is 1. The minimum Gasteiger partial charge on any atom is -0.329 e. The van der Waals surface area contributed by atoms with Crippen LogP contribution in [0.25, 0.3) is 0 Å². The fourth-order valence-corrected chi connectivity index (χ4v) is 1.90. The smallest absolute Gasteiger partial charge is 0.0102 e.